The average molecular weight is 285 g/mol. The molecule has 0 saturated heterocycles. The minimum Gasteiger partial charge on any atom is -0.350 e. The highest BCUT2D eigenvalue weighted by Gasteiger charge is 2.08. The molecule has 0 saturated carbocycles. The smallest absolute Gasteiger partial charge is 0.239 e. The Balaban J connectivity index is 2.43. The van der Waals surface area contributed by atoms with Gasteiger partial charge in [-0.05, 0) is 6.07 Å². The summed E-state index contributed by atoms with van der Waals surface area (Å²) in [4.78, 5) is 21.2. The van der Waals surface area contributed by atoms with Crippen LogP contribution in [0.5, 0.6) is 0 Å². The van der Waals surface area contributed by atoms with Crippen LogP contribution in [0.4, 0.5) is 5.95 Å². The van der Waals surface area contributed by atoms with Crippen molar-refractivity contribution in [3.8, 4) is 0 Å². The van der Waals surface area contributed by atoms with Gasteiger partial charge in [0.15, 0.2) is 0 Å². The molecule has 0 aliphatic heterocycles. The number of rotatable bonds is 5. The molecule has 1 amide bonds. The van der Waals surface area contributed by atoms with E-state index in [0.29, 0.717) is 12.5 Å². The number of likely N-dealkylation sites (N-methyl/N-ethyl adjacent to an activating group) is 1. The molecule has 1 N–H and O–H groups in total. The summed E-state index contributed by atoms with van der Waals surface area (Å²) >= 11 is 3.17. The summed E-state index contributed by atoms with van der Waals surface area (Å²) in [5.41, 5.74) is 0. The van der Waals surface area contributed by atoms with Gasteiger partial charge in [-0.3, -0.25) is 4.79 Å². The maximum Gasteiger partial charge on any atom is 0.239 e. The molecule has 0 radical (unpaired) electrons. The van der Waals surface area contributed by atoms with Gasteiger partial charge in [0, 0.05) is 30.5 Å². The van der Waals surface area contributed by atoms with E-state index in [-0.39, 0.29) is 12.5 Å². The molecule has 16 heavy (non-hydrogen) atoms. The first kappa shape index (κ1) is 12.6. The zero-order chi connectivity index (χ0) is 12.0. The molecule has 1 rings (SSSR count). The van der Waals surface area contributed by atoms with Gasteiger partial charge in [0.25, 0.3) is 0 Å². The maximum atomic E-state index is 11.5. The van der Waals surface area contributed by atoms with E-state index >= 15 is 0 Å². The van der Waals surface area contributed by atoms with E-state index in [1.165, 1.54) is 0 Å². The number of hydrogen-bond donors (Lipinski definition) is 1. The Labute approximate surface area is 103 Å². The molecule has 6 heteroatoms. The number of aromatic nitrogens is 2. The lowest BCUT2D eigenvalue weighted by atomic mass is 10.5. The number of nitrogens with one attached hydrogen (secondary N) is 1. The Kier molecular flexibility index (Phi) is 4.91. The standard InChI is InChI=1S/C10H13BrN4O/c1-8(11)6-14-9(16)7-15(2)10-12-4-3-5-13-10/h3-5H,1,6-7H2,2H3,(H,14,16). The number of anilines is 1. The van der Waals surface area contributed by atoms with Crippen molar-refractivity contribution in [2.75, 3.05) is 25.0 Å². The molecule has 86 valence electrons. The molecule has 1 aromatic heterocycles. The lowest BCUT2D eigenvalue weighted by Gasteiger charge is -2.15. The second-order valence-corrected chi connectivity index (χ2v) is 4.32. The first-order chi connectivity index (χ1) is 7.59. The monoisotopic (exact) mass is 284 g/mol. The zero-order valence-electron chi connectivity index (χ0n) is 8.98. The minimum atomic E-state index is -0.101. The number of amides is 1. The predicted octanol–water partition coefficient (Wildman–Crippen LogP) is 0.938. The van der Waals surface area contributed by atoms with Gasteiger partial charge in [-0.1, -0.05) is 22.5 Å². The Morgan fingerprint density at radius 3 is 2.75 bits per heavy atom. The van der Waals surface area contributed by atoms with Gasteiger partial charge < -0.3 is 10.2 Å². The molecule has 0 fully saturated rings. The third kappa shape index (κ3) is 4.39. The van der Waals surface area contributed by atoms with E-state index < -0.39 is 0 Å². The topological polar surface area (TPSA) is 58.1 Å². The molecule has 0 aliphatic rings. The summed E-state index contributed by atoms with van der Waals surface area (Å²) in [5.74, 6) is 0.422. The van der Waals surface area contributed by atoms with Crippen molar-refractivity contribution in [3.63, 3.8) is 0 Å². The number of halogens is 1. The van der Waals surface area contributed by atoms with Gasteiger partial charge in [-0.25, -0.2) is 9.97 Å². The number of carbonyl (C=O) groups is 1. The van der Waals surface area contributed by atoms with Gasteiger partial charge >= 0.3 is 0 Å². The fourth-order valence-corrected chi connectivity index (χ4v) is 1.17. The van der Waals surface area contributed by atoms with E-state index in [1.54, 1.807) is 30.4 Å². The van der Waals surface area contributed by atoms with Crippen LogP contribution >= 0.6 is 15.9 Å². The molecule has 0 aliphatic carbocycles. The SMILES string of the molecule is C=C(Br)CNC(=O)CN(C)c1ncccn1. The fraction of sp³-hybridized carbons (Fsp3) is 0.300. The van der Waals surface area contributed by atoms with Gasteiger partial charge in [0.1, 0.15) is 0 Å². The molecule has 0 aromatic carbocycles. The van der Waals surface area contributed by atoms with Crippen molar-refractivity contribution in [1.29, 1.82) is 0 Å². The second kappa shape index (κ2) is 6.22. The molecule has 1 heterocycles. The summed E-state index contributed by atoms with van der Waals surface area (Å²) < 4.78 is 0.736. The van der Waals surface area contributed by atoms with E-state index in [1.807, 2.05) is 0 Å². The van der Waals surface area contributed by atoms with E-state index in [9.17, 15) is 4.79 Å². The van der Waals surface area contributed by atoms with Gasteiger partial charge in [0.2, 0.25) is 11.9 Å². The fourth-order valence-electron chi connectivity index (χ4n) is 1.02. The number of nitrogens with zero attached hydrogens (tertiary/aromatic N) is 3. The van der Waals surface area contributed by atoms with Gasteiger partial charge in [-0.15, -0.1) is 0 Å². The molecular formula is C10H13BrN4O. The highest BCUT2D eigenvalue weighted by Crippen LogP contribution is 2.01. The number of carbonyl (C=O) groups excluding carboxylic acids is 1. The van der Waals surface area contributed by atoms with Crippen molar-refractivity contribution in [3.05, 3.63) is 29.5 Å². The first-order valence-corrected chi connectivity index (χ1v) is 5.47. The zero-order valence-corrected chi connectivity index (χ0v) is 10.6. The van der Waals surface area contributed by atoms with Crippen LogP contribution in [0.1, 0.15) is 0 Å². The third-order valence-corrected chi connectivity index (χ3v) is 2.03. The Morgan fingerprint density at radius 1 is 1.56 bits per heavy atom. The van der Waals surface area contributed by atoms with Crippen molar-refractivity contribution < 1.29 is 4.79 Å². The maximum absolute atomic E-state index is 11.5. The minimum absolute atomic E-state index is 0.101. The average Bonchev–Trinajstić information content (AvgIpc) is 2.27. The van der Waals surface area contributed by atoms with Crippen molar-refractivity contribution in [1.82, 2.24) is 15.3 Å². The van der Waals surface area contributed by atoms with Gasteiger partial charge in [0.05, 0.1) is 6.54 Å². The van der Waals surface area contributed by atoms with E-state index in [0.717, 1.165) is 4.48 Å². The molecule has 1 aromatic rings. The van der Waals surface area contributed by atoms with Crippen LogP contribution in [-0.4, -0.2) is 36.0 Å². The lowest BCUT2D eigenvalue weighted by molar-refractivity contribution is -0.119. The highest BCUT2D eigenvalue weighted by atomic mass is 79.9. The summed E-state index contributed by atoms with van der Waals surface area (Å²) in [7, 11) is 1.76. The van der Waals surface area contributed by atoms with Crippen molar-refractivity contribution >= 4 is 27.8 Å². The van der Waals surface area contributed by atoms with Crippen LogP contribution in [-0.2, 0) is 4.79 Å². The quantitative estimate of drug-likeness (QED) is 0.874. The number of hydrogen-bond acceptors (Lipinski definition) is 4. The molecular weight excluding hydrogens is 272 g/mol. The molecule has 0 atom stereocenters. The van der Waals surface area contributed by atoms with Crippen LogP contribution in [0.25, 0.3) is 0 Å². The van der Waals surface area contributed by atoms with E-state index in [2.05, 4.69) is 37.8 Å². The van der Waals surface area contributed by atoms with E-state index in [4.69, 9.17) is 0 Å². The second-order valence-electron chi connectivity index (χ2n) is 3.20. The molecule has 0 bridgehead atoms. The van der Waals surface area contributed by atoms with Gasteiger partial charge in [-0.2, -0.15) is 0 Å². The largest absolute Gasteiger partial charge is 0.350 e. The van der Waals surface area contributed by atoms with Crippen LogP contribution < -0.4 is 10.2 Å². The molecule has 0 spiro atoms. The van der Waals surface area contributed by atoms with Crippen LogP contribution in [0.3, 0.4) is 0 Å². The Bertz CT molecular complexity index is 368. The van der Waals surface area contributed by atoms with Crippen LogP contribution in [0, 0.1) is 0 Å². The molecule has 5 nitrogen and oxygen atoms in total. The van der Waals surface area contributed by atoms with Crippen LogP contribution in [0.2, 0.25) is 0 Å². The molecule has 0 unspecified atom stereocenters. The van der Waals surface area contributed by atoms with Crippen molar-refractivity contribution in [2.24, 2.45) is 0 Å². The Morgan fingerprint density at radius 2 is 2.19 bits per heavy atom. The highest BCUT2D eigenvalue weighted by molar-refractivity contribution is 9.11. The predicted molar refractivity (Wildman–Crippen MR) is 66.4 cm³/mol. The summed E-state index contributed by atoms with van der Waals surface area (Å²) in [6.45, 7) is 4.26. The summed E-state index contributed by atoms with van der Waals surface area (Å²) in [6, 6.07) is 1.73. The summed E-state index contributed by atoms with van der Waals surface area (Å²) in [6.07, 6.45) is 3.27. The normalized spacial score (nSPS) is 9.62. The lowest BCUT2D eigenvalue weighted by Crippen LogP contribution is -2.36. The van der Waals surface area contributed by atoms with Crippen molar-refractivity contribution in [2.45, 2.75) is 0 Å². The summed E-state index contributed by atoms with van der Waals surface area (Å²) in [5, 5.41) is 2.70. The van der Waals surface area contributed by atoms with Crippen LogP contribution in [0.15, 0.2) is 29.5 Å². The Hall–Kier alpha value is -1.43. The first-order valence-electron chi connectivity index (χ1n) is 4.67. The third-order valence-electron chi connectivity index (χ3n) is 1.75.